The second-order valence-corrected chi connectivity index (χ2v) is 22.5. The third-order valence-electron chi connectivity index (χ3n) is 15.3. The Hall–Kier alpha value is -1.40. The topological polar surface area (TPSA) is 95.9 Å². The van der Waals surface area contributed by atoms with Crippen LogP contribution in [0.1, 0.15) is 367 Å². The molecule has 0 saturated carbocycles. The fourth-order valence-electron chi connectivity index (χ4n) is 10.3. The van der Waals surface area contributed by atoms with Crippen LogP contribution < -0.4 is 5.32 Å². The molecule has 0 aromatic heterocycles. The zero-order chi connectivity index (χ0) is 51.4. The molecule has 1 amide bonds. The summed E-state index contributed by atoms with van der Waals surface area (Å²) in [5.41, 5.74) is 0. The van der Waals surface area contributed by atoms with E-state index in [9.17, 15) is 19.8 Å². The van der Waals surface area contributed by atoms with Crippen molar-refractivity contribution in [3.8, 4) is 0 Å². The van der Waals surface area contributed by atoms with Crippen LogP contribution in [-0.2, 0) is 14.3 Å². The van der Waals surface area contributed by atoms with E-state index in [1.165, 1.54) is 295 Å². The Bertz CT molecular complexity index is 1060. The first-order chi connectivity index (χ1) is 35.0. The van der Waals surface area contributed by atoms with E-state index in [-0.39, 0.29) is 18.5 Å². The van der Waals surface area contributed by atoms with Crippen molar-refractivity contribution in [1.29, 1.82) is 0 Å². The van der Waals surface area contributed by atoms with Crippen LogP contribution in [0.4, 0.5) is 0 Å². The van der Waals surface area contributed by atoms with Crippen molar-refractivity contribution in [2.24, 2.45) is 0 Å². The SMILES string of the molecule is CCCCCCCCCCCCCCCCCCCCCC(=O)OCCCCCCCCCC/C=C\CCCCCCCCCC(=O)NC(CO)C(O)CCCCCCCCCCCCCCCCCC. The number of carbonyl (C=O) groups excluding carboxylic acids is 2. The van der Waals surface area contributed by atoms with Crippen LogP contribution >= 0.6 is 0 Å². The lowest BCUT2D eigenvalue weighted by Crippen LogP contribution is -2.45. The molecule has 0 rings (SSSR count). The molecule has 0 aliphatic carbocycles. The summed E-state index contributed by atoms with van der Waals surface area (Å²) >= 11 is 0. The Balaban J connectivity index is 3.40. The predicted molar refractivity (Wildman–Crippen MR) is 310 cm³/mol. The molecule has 0 bridgehead atoms. The summed E-state index contributed by atoms with van der Waals surface area (Å²) in [7, 11) is 0. The number of hydrogen-bond donors (Lipinski definition) is 3. The van der Waals surface area contributed by atoms with Gasteiger partial charge in [0, 0.05) is 12.8 Å². The van der Waals surface area contributed by atoms with Crippen LogP contribution in [0.5, 0.6) is 0 Å². The summed E-state index contributed by atoms with van der Waals surface area (Å²) in [6.45, 7) is 4.98. The quantitative estimate of drug-likeness (QED) is 0.0320. The van der Waals surface area contributed by atoms with Crippen molar-refractivity contribution in [3.05, 3.63) is 12.2 Å². The maximum Gasteiger partial charge on any atom is 0.305 e. The molecule has 0 fully saturated rings. The standard InChI is InChI=1S/C65H127NO5/c1-3-5-7-9-11-13-15-17-19-21-23-27-31-35-39-43-47-51-55-59-65(70)71-60-56-52-48-44-40-36-32-28-25-22-24-26-30-34-38-42-46-50-54-58-64(69)66-62(61-67)63(68)57-53-49-45-41-37-33-29-20-18-16-14-12-10-8-6-4-2/h22,24,62-63,67-68H,3-21,23,25-61H2,1-2H3,(H,66,69)/b24-22-. The molecule has 0 spiro atoms. The summed E-state index contributed by atoms with van der Waals surface area (Å²) in [5.74, 6) is -0.0319. The number of nitrogens with one attached hydrogen (secondary N) is 1. The highest BCUT2D eigenvalue weighted by molar-refractivity contribution is 5.76. The molecular formula is C65H127NO5. The van der Waals surface area contributed by atoms with Crippen molar-refractivity contribution in [2.45, 2.75) is 379 Å². The van der Waals surface area contributed by atoms with Gasteiger partial charge >= 0.3 is 5.97 Å². The number of allylic oxidation sites excluding steroid dienone is 2. The van der Waals surface area contributed by atoms with Crippen molar-refractivity contribution >= 4 is 11.9 Å². The van der Waals surface area contributed by atoms with Gasteiger partial charge in [-0.05, 0) is 51.4 Å². The van der Waals surface area contributed by atoms with Gasteiger partial charge in [-0.15, -0.1) is 0 Å². The molecule has 0 aromatic rings. The van der Waals surface area contributed by atoms with E-state index >= 15 is 0 Å². The molecule has 0 radical (unpaired) electrons. The van der Waals surface area contributed by atoms with Crippen LogP contribution in [0, 0.1) is 0 Å². The second kappa shape index (κ2) is 61.1. The minimum Gasteiger partial charge on any atom is -0.466 e. The van der Waals surface area contributed by atoms with E-state index in [0.717, 1.165) is 38.5 Å². The number of ether oxygens (including phenoxy) is 1. The van der Waals surface area contributed by atoms with E-state index in [0.29, 0.717) is 25.9 Å². The average molecular weight is 1000 g/mol. The Morgan fingerprint density at radius 3 is 1.00 bits per heavy atom. The number of unbranched alkanes of at least 4 members (excludes halogenated alkanes) is 48. The maximum atomic E-state index is 12.5. The maximum absolute atomic E-state index is 12.5. The summed E-state index contributed by atoms with van der Waals surface area (Å²) in [4.78, 5) is 24.6. The van der Waals surface area contributed by atoms with Crippen LogP contribution in [-0.4, -0.2) is 47.4 Å². The van der Waals surface area contributed by atoms with E-state index in [2.05, 4.69) is 31.3 Å². The Morgan fingerprint density at radius 1 is 0.380 bits per heavy atom. The Kier molecular flexibility index (Phi) is 59.9. The van der Waals surface area contributed by atoms with Gasteiger partial charge in [0.2, 0.25) is 5.91 Å². The van der Waals surface area contributed by atoms with E-state index in [1.54, 1.807) is 0 Å². The molecule has 2 atom stereocenters. The second-order valence-electron chi connectivity index (χ2n) is 22.5. The van der Waals surface area contributed by atoms with E-state index in [1.807, 2.05) is 0 Å². The molecular weight excluding hydrogens is 875 g/mol. The third kappa shape index (κ3) is 57.7. The number of amides is 1. The number of esters is 1. The largest absolute Gasteiger partial charge is 0.466 e. The molecule has 0 aliphatic heterocycles. The first kappa shape index (κ1) is 69.6. The molecule has 0 saturated heterocycles. The Labute approximate surface area is 444 Å². The summed E-state index contributed by atoms with van der Waals surface area (Å²) in [6, 6.07) is -0.548. The molecule has 6 nitrogen and oxygen atoms in total. The fourth-order valence-corrected chi connectivity index (χ4v) is 10.3. The number of rotatable bonds is 61. The summed E-state index contributed by atoms with van der Waals surface area (Å²) in [6.07, 6.45) is 73.7. The molecule has 0 heterocycles. The van der Waals surface area contributed by atoms with Crippen LogP contribution in [0.25, 0.3) is 0 Å². The monoisotopic (exact) mass is 1000 g/mol. The van der Waals surface area contributed by atoms with Crippen LogP contribution in [0.3, 0.4) is 0 Å². The van der Waals surface area contributed by atoms with Crippen molar-refractivity contribution < 1.29 is 24.5 Å². The highest BCUT2D eigenvalue weighted by Crippen LogP contribution is 2.18. The highest BCUT2D eigenvalue weighted by Gasteiger charge is 2.20. The van der Waals surface area contributed by atoms with Crippen LogP contribution in [0.15, 0.2) is 12.2 Å². The zero-order valence-corrected chi connectivity index (χ0v) is 48.2. The number of aliphatic hydroxyl groups is 2. The lowest BCUT2D eigenvalue weighted by molar-refractivity contribution is -0.143. The molecule has 2 unspecified atom stereocenters. The van der Waals surface area contributed by atoms with Gasteiger partial charge in [-0.1, -0.05) is 315 Å². The van der Waals surface area contributed by atoms with Crippen LogP contribution in [0.2, 0.25) is 0 Å². The van der Waals surface area contributed by atoms with E-state index in [4.69, 9.17) is 4.74 Å². The zero-order valence-electron chi connectivity index (χ0n) is 48.2. The molecule has 3 N–H and O–H groups in total. The van der Waals surface area contributed by atoms with E-state index < -0.39 is 12.1 Å². The molecule has 6 heteroatoms. The summed E-state index contributed by atoms with van der Waals surface area (Å²) < 4.78 is 5.50. The lowest BCUT2D eigenvalue weighted by atomic mass is 10.0. The predicted octanol–water partition coefficient (Wildman–Crippen LogP) is 20.4. The summed E-state index contributed by atoms with van der Waals surface area (Å²) in [5, 5.41) is 23.3. The van der Waals surface area contributed by atoms with Gasteiger partial charge in [0.05, 0.1) is 25.4 Å². The molecule has 71 heavy (non-hydrogen) atoms. The molecule has 0 aliphatic rings. The van der Waals surface area contributed by atoms with Gasteiger partial charge in [0.1, 0.15) is 0 Å². The van der Waals surface area contributed by atoms with Gasteiger partial charge in [0.25, 0.3) is 0 Å². The molecule has 422 valence electrons. The minimum absolute atomic E-state index is 0.00968. The van der Waals surface area contributed by atoms with Crippen molar-refractivity contribution in [1.82, 2.24) is 5.32 Å². The van der Waals surface area contributed by atoms with Crippen molar-refractivity contribution in [3.63, 3.8) is 0 Å². The first-order valence-electron chi connectivity index (χ1n) is 32.4. The number of hydrogen-bond acceptors (Lipinski definition) is 5. The lowest BCUT2D eigenvalue weighted by Gasteiger charge is -2.22. The van der Waals surface area contributed by atoms with Gasteiger partial charge in [-0.25, -0.2) is 0 Å². The normalized spacial score (nSPS) is 12.6. The smallest absolute Gasteiger partial charge is 0.305 e. The fraction of sp³-hybridized carbons (Fsp3) is 0.938. The number of carbonyl (C=O) groups is 2. The first-order valence-corrected chi connectivity index (χ1v) is 32.4. The molecule has 0 aromatic carbocycles. The van der Waals surface area contributed by atoms with Gasteiger partial charge in [-0.3, -0.25) is 9.59 Å². The van der Waals surface area contributed by atoms with Gasteiger partial charge in [-0.2, -0.15) is 0 Å². The highest BCUT2D eigenvalue weighted by atomic mass is 16.5. The minimum atomic E-state index is -0.670. The van der Waals surface area contributed by atoms with Crippen molar-refractivity contribution in [2.75, 3.05) is 13.2 Å². The third-order valence-corrected chi connectivity index (χ3v) is 15.3. The van der Waals surface area contributed by atoms with Gasteiger partial charge in [0.15, 0.2) is 0 Å². The number of aliphatic hydroxyl groups excluding tert-OH is 2. The Morgan fingerprint density at radius 2 is 0.662 bits per heavy atom. The van der Waals surface area contributed by atoms with Gasteiger partial charge < -0.3 is 20.3 Å². The average Bonchev–Trinajstić information content (AvgIpc) is 3.37.